The molecule has 0 radical (unpaired) electrons. The molecule has 1 unspecified atom stereocenters. The molecule has 0 bridgehead atoms. The van der Waals surface area contributed by atoms with E-state index in [9.17, 15) is 5.11 Å². The second-order valence-electron chi connectivity index (χ2n) is 6.85. The van der Waals surface area contributed by atoms with Crippen molar-refractivity contribution in [2.24, 2.45) is 0 Å². The lowest BCUT2D eigenvalue weighted by Crippen LogP contribution is -2.48. The van der Waals surface area contributed by atoms with Crippen LogP contribution in [0, 0.1) is 0 Å². The Hall–Kier alpha value is -1.34. The Labute approximate surface area is 150 Å². The van der Waals surface area contributed by atoms with Crippen molar-refractivity contribution in [3.63, 3.8) is 0 Å². The molecule has 0 aromatic heterocycles. The number of hydrogen-bond acceptors (Lipinski definition) is 6. The van der Waals surface area contributed by atoms with Crippen LogP contribution >= 0.6 is 0 Å². The van der Waals surface area contributed by atoms with Crippen molar-refractivity contribution in [3.05, 3.63) is 23.8 Å². The first-order valence-corrected chi connectivity index (χ1v) is 9.33. The molecule has 6 nitrogen and oxygen atoms in total. The van der Waals surface area contributed by atoms with E-state index in [-0.39, 0.29) is 0 Å². The number of nitrogens with zero attached hydrogens (tertiary/aromatic N) is 2. The van der Waals surface area contributed by atoms with E-state index in [0.717, 1.165) is 63.7 Å². The molecule has 2 aliphatic heterocycles. The summed E-state index contributed by atoms with van der Waals surface area (Å²) in [6, 6.07) is 6.17. The quantitative estimate of drug-likeness (QED) is 0.685. The van der Waals surface area contributed by atoms with Crippen LogP contribution in [-0.2, 0) is 11.3 Å². The van der Waals surface area contributed by atoms with Gasteiger partial charge in [-0.3, -0.25) is 9.80 Å². The number of β-amino-alcohol motifs (C(OH)–C–C–N with tert-alkyl or cyclic N) is 1. The molecule has 1 saturated heterocycles. The molecule has 2 heterocycles. The van der Waals surface area contributed by atoms with E-state index in [0.29, 0.717) is 19.9 Å². The van der Waals surface area contributed by atoms with Gasteiger partial charge in [0, 0.05) is 45.9 Å². The minimum absolute atomic E-state index is 0.321. The van der Waals surface area contributed by atoms with Gasteiger partial charge in [-0.05, 0) is 24.1 Å². The van der Waals surface area contributed by atoms with Gasteiger partial charge >= 0.3 is 0 Å². The molecule has 1 aromatic carbocycles. The fourth-order valence-corrected chi connectivity index (χ4v) is 3.24. The van der Waals surface area contributed by atoms with E-state index in [4.69, 9.17) is 14.2 Å². The van der Waals surface area contributed by atoms with Crippen LogP contribution in [0.4, 0.5) is 0 Å². The van der Waals surface area contributed by atoms with Crippen molar-refractivity contribution in [2.45, 2.75) is 32.4 Å². The summed E-state index contributed by atoms with van der Waals surface area (Å²) in [4.78, 5) is 4.77. The van der Waals surface area contributed by atoms with Gasteiger partial charge in [-0.1, -0.05) is 19.4 Å². The van der Waals surface area contributed by atoms with Crippen LogP contribution in [-0.4, -0.2) is 73.7 Å². The zero-order valence-corrected chi connectivity index (χ0v) is 15.2. The summed E-state index contributed by atoms with van der Waals surface area (Å²) in [6.45, 7) is 9.26. The van der Waals surface area contributed by atoms with E-state index in [1.165, 1.54) is 5.56 Å². The second kappa shape index (κ2) is 9.38. The maximum Gasteiger partial charge on any atom is 0.231 e. The molecule has 1 N–H and O–H groups in total. The summed E-state index contributed by atoms with van der Waals surface area (Å²) in [6.07, 6.45) is 1.80. The summed E-state index contributed by atoms with van der Waals surface area (Å²) in [7, 11) is 0. The largest absolute Gasteiger partial charge is 0.454 e. The molecule has 3 rings (SSSR count). The van der Waals surface area contributed by atoms with Gasteiger partial charge in [0.2, 0.25) is 6.79 Å². The van der Waals surface area contributed by atoms with Crippen molar-refractivity contribution in [1.29, 1.82) is 0 Å². The number of fused-ring (bicyclic) bond motifs is 1. The molecule has 0 amide bonds. The molecule has 140 valence electrons. The molecule has 6 heteroatoms. The number of piperazine rings is 1. The van der Waals surface area contributed by atoms with E-state index in [1.54, 1.807) is 0 Å². The maximum atomic E-state index is 10.1. The minimum Gasteiger partial charge on any atom is -0.454 e. The predicted molar refractivity (Wildman–Crippen MR) is 96.0 cm³/mol. The first-order chi connectivity index (χ1) is 12.2. The summed E-state index contributed by atoms with van der Waals surface area (Å²) in [5, 5.41) is 10.1. The third-order valence-corrected chi connectivity index (χ3v) is 4.73. The summed E-state index contributed by atoms with van der Waals surface area (Å²) >= 11 is 0. The molecule has 1 atom stereocenters. The van der Waals surface area contributed by atoms with Gasteiger partial charge in [-0.15, -0.1) is 0 Å². The van der Waals surface area contributed by atoms with Gasteiger partial charge < -0.3 is 19.3 Å². The number of aliphatic hydroxyl groups excluding tert-OH is 1. The van der Waals surface area contributed by atoms with E-state index in [1.807, 2.05) is 6.07 Å². The summed E-state index contributed by atoms with van der Waals surface area (Å²) in [5.41, 5.74) is 1.25. The van der Waals surface area contributed by atoms with Crippen molar-refractivity contribution < 1.29 is 19.3 Å². The third kappa shape index (κ3) is 5.57. The second-order valence-corrected chi connectivity index (χ2v) is 6.85. The van der Waals surface area contributed by atoms with Gasteiger partial charge in [0.05, 0.1) is 12.7 Å². The van der Waals surface area contributed by atoms with Gasteiger partial charge in [-0.2, -0.15) is 0 Å². The van der Waals surface area contributed by atoms with Crippen LogP contribution in [0.25, 0.3) is 0 Å². The van der Waals surface area contributed by atoms with Crippen LogP contribution in [0.3, 0.4) is 0 Å². The fraction of sp³-hybridized carbons (Fsp3) is 0.684. The van der Waals surface area contributed by atoms with Gasteiger partial charge in [0.1, 0.15) is 0 Å². The molecular formula is C19H30N2O4. The minimum atomic E-state index is -0.391. The van der Waals surface area contributed by atoms with E-state index < -0.39 is 6.10 Å². The zero-order chi connectivity index (χ0) is 17.5. The van der Waals surface area contributed by atoms with Crippen LogP contribution in [0.1, 0.15) is 25.3 Å². The summed E-state index contributed by atoms with van der Waals surface area (Å²) < 4.78 is 16.3. The zero-order valence-electron chi connectivity index (χ0n) is 15.2. The van der Waals surface area contributed by atoms with Gasteiger partial charge in [0.15, 0.2) is 11.5 Å². The van der Waals surface area contributed by atoms with Crippen molar-refractivity contribution in [1.82, 2.24) is 9.80 Å². The molecule has 1 fully saturated rings. The number of aliphatic hydroxyl groups is 1. The van der Waals surface area contributed by atoms with Crippen LogP contribution in [0.15, 0.2) is 18.2 Å². The lowest BCUT2D eigenvalue weighted by Gasteiger charge is -2.35. The first kappa shape index (κ1) is 18.5. The Morgan fingerprint density at radius 1 is 1.12 bits per heavy atom. The monoisotopic (exact) mass is 350 g/mol. The highest BCUT2D eigenvalue weighted by atomic mass is 16.7. The number of unbranched alkanes of at least 4 members (excludes halogenated alkanes) is 1. The highest BCUT2D eigenvalue weighted by Gasteiger charge is 2.20. The third-order valence-electron chi connectivity index (χ3n) is 4.73. The van der Waals surface area contributed by atoms with Crippen LogP contribution in [0.5, 0.6) is 11.5 Å². The number of ether oxygens (including phenoxy) is 3. The van der Waals surface area contributed by atoms with Crippen molar-refractivity contribution in [2.75, 3.05) is 52.7 Å². The average molecular weight is 350 g/mol. The highest BCUT2D eigenvalue weighted by Crippen LogP contribution is 2.32. The molecule has 0 aliphatic carbocycles. The van der Waals surface area contributed by atoms with E-state index >= 15 is 0 Å². The Kier molecular flexibility index (Phi) is 6.93. The first-order valence-electron chi connectivity index (χ1n) is 9.33. The Morgan fingerprint density at radius 3 is 2.68 bits per heavy atom. The highest BCUT2D eigenvalue weighted by molar-refractivity contribution is 5.44. The number of rotatable bonds is 9. The Balaban J connectivity index is 1.36. The SMILES string of the molecule is CCCCOCC(O)CN1CCN(Cc2ccc3c(c2)OCO3)CC1. The number of hydrogen-bond donors (Lipinski definition) is 1. The Morgan fingerprint density at radius 2 is 1.88 bits per heavy atom. The van der Waals surface area contributed by atoms with Crippen molar-refractivity contribution in [3.8, 4) is 11.5 Å². The predicted octanol–water partition coefficient (Wildman–Crippen LogP) is 1.71. The van der Waals surface area contributed by atoms with Gasteiger partial charge in [-0.25, -0.2) is 0 Å². The maximum absolute atomic E-state index is 10.1. The molecule has 25 heavy (non-hydrogen) atoms. The lowest BCUT2D eigenvalue weighted by molar-refractivity contribution is 0.00587. The topological polar surface area (TPSA) is 54.4 Å². The molecular weight excluding hydrogens is 320 g/mol. The average Bonchev–Trinajstić information content (AvgIpc) is 3.08. The molecule has 2 aliphatic rings. The number of benzene rings is 1. The normalized spacial score (nSPS) is 19.3. The molecule has 0 spiro atoms. The van der Waals surface area contributed by atoms with Crippen LogP contribution < -0.4 is 9.47 Å². The Bertz CT molecular complexity index is 532. The van der Waals surface area contributed by atoms with Gasteiger partial charge in [0.25, 0.3) is 0 Å². The standard InChI is InChI=1S/C19H30N2O4/c1-2-3-10-23-14-17(22)13-21-8-6-20(7-9-21)12-16-4-5-18-19(11-16)25-15-24-18/h4-5,11,17,22H,2-3,6-10,12-15H2,1H3. The lowest BCUT2D eigenvalue weighted by atomic mass is 10.1. The van der Waals surface area contributed by atoms with Crippen LogP contribution in [0.2, 0.25) is 0 Å². The molecule has 0 saturated carbocycles. The fourth-order valence-electron chi connectivity index (χ4n) is 3.24. The van der Waals surface area contributed by atoms with E-state index in [2.05, 4.69) is 28.9 Å². The molecule has 1 aromatic rings. The summed E-state index contributed by atoms with van der Waals surface area (Å²) in [5.74, 6) is 1.69. The smallest absolute Gasteiger partial charge is 0.231 e. The van der Waals surface area contributed by atoms with Crippen molar-refractivity contribution >= 4 is 0 Å².